The van der Waals surface area contributed by atoms with Gasteiger partial charge in [0.25, 0.3) is 11.6 Å². The van der Waals surface area contributed by atoms with Gasteiger partial charge in [-0.2, -0.15) is 0 Å². The summed E-state index contributed by atoms with van der Waals surface area (Å²) in [6.45, 7) is 2.71. The molecule has 0 aliphatic carbocycles. The molecular formula is C23H22N4O5. The van der Waals surface area contributed by atoms with E-state index < -0.39 is 34.2 Å². The van der Waals surface area contributed by atoms with Crippen LogP contribution in [0, 0.1) is 21.4 Å². The first-order valence-corrected chi connectivity index (χ1v) is 10.6. The predicted octanol–water partition coefficient (Wildman–Crippen LogP) is 3.03. The van der Waals surface area contributed by atoms with E-state index in [1.54, 1.807) is 36.4 Å². The average Bonchev–Trinajstić information content (AvgIpc) is 2.77. The maximum atomic E-state index is 14.0. The van der Waals surface area contributed by atoms with Crippen LogP contribution in [0.4, 0.5) is 21.9 Å². The molecule has 0 bridgehead atoms. The Kier molecular flexibility index (Phi) is 4.51. The Morgan fingerprint density at radius 2 is 1.88 bits per heavy atom. The highest BCUT2D eigenvalue weighted by molar-refractivity contribution is 6.30. The van der Waals surface area contributed by atoms with Crippen LogP contribution < -0.4 is 15.1 Å². The van der Waals surface area contributed by atoms with Crippen molar-refractivity contribution in [2.75, 3.05) is 16.3 Å². The van der Waals surface area contributed by atoms with Gasteiger partial charge in [-0.1, -0.05) is 25.1 Å². The van der Waals surface area contributed by atoms with E-state index >= 15 is 0 Å². The Morgan fingerprint density at radius 1 is 1.12 bits per heavy atom. The zero-order chi connectivity index (χ0) is 22.6. The van der Waals surface area contributed by atoms with Crippen LogP contribution in [0.5, 0.6) is 0 Å². The summed E-state index contributed by atoms with van der Waals surface area (Å²) in [5, 5.41) is 13.8. The van der Waals surface area contributed by atoms with E-state index in [1.165, 1.54) is 12.1 Å². The largest absolute Gasteiger partial charge is 0.367 e. The molecule has 9 nitrogen and oxygen atoms in total. The lowest BCUT2D eigenvalue weighted by Crippen LogP contribution is -2.73. The number of urea groups is 1. The fourth-order valence-electron chi connectivity index (χ4n) is 5.34. The summed E-state index contributed by atoms with van der Waals surface area (Å²) in [7, 11) is 0. The van der Waals surface area contributed by atoms with Gasteiger partial charge in [-0.25, -0.2) is 9.69 Å². The van der Waals surface area contributed by atoms with Gasteiger partial charge in [-0.05, 0) is 42.5 Å². The van der Waals surface area contributed by atoms with Gasteiger partial charge in [0.05, 0.1) is 16.7 Å². The Balaban J connectivity index is 1.69. The van der Waals surface area contributed by atoms with Crippen LogP contribution in [0.2, 0.25) is 0 Å². The van der Waals surface area contributed by atoms with Crippen LogP contribution >= 0.6 is 0 Å². The molecule has 1 spiro atoms. The summed E-state index contributed by atoms with van der Waals surface area (Å²) in [6, 6.07) is 11.9. The number of rotatable bonds is 2. The molecule has 0 unspecified atom stereocenters. The first kappa shape index (κ1) is 20.2. The lowest BCUT2D eigenvalue weighted by Gasteiger charge is -2.54. The fraction of sp³-hybridized carbons (Fsp3) is 0.348. The molecule has 2 saturated heterocycles. The van der Waals surface area contributed by atoms with Crippen LogP contribution in [-0.4, -0.2) is 35.4 Å². The lowest BCUT2D eigenvalue weighted by molar-refractivity contribution is -0.384. The highest BCUT2D eigenvalue weighted by Crippen LogP contribution is 2.49. The third kappa shape index (κ3) is 2.80. The molecule has 0 radical (unpaired) electrons. The molecule has 32 heavy (non-hydrogen) atoms. The molecule has 2 aromatic carbocycles. The summed E-state index contributed by atoms with van der Waals surface area (Å²) in [5.41, 5.74) is 0.1000. The van der Waals surface area contributed by atoms with Crippen LogP contribution in [-0.2, 0) is 16.0 Å². The molecule has 164 valence electrons. The molecular weight excluding hydrogens is 412 g/mol. The highest BCUT2D eigenvalue weighted by Gasteiger charge is 2.63. The molecule has 3 aliphatic rings. The second-order valence-electron chi connectivity index (χ2n) is 8.79. The van der Waals surface area contributed by atoms with E-state index in [2.05, 4.69) is 12.2 Å². The van der Waals surface area contributed by atoms with E-state index in [0.29, 0.717) is 24.2 Å². The van der Waals surface area contributed by atoms with Crippen molar-refractivity contribution in [2.45, 2.75) is 32.2 Å². The van der Waals surface area contributed by atoms with Crippen LogP contribution in [0.15, 0.2) is 48.5 Å². The zero-order valence-corrected chi connectivity index (χ0v) is 17.5. The average molecular weight is 434 g/mol. The minimum absolute atomic E-state index is 0.000813. The smallest absolute Gasteiger partial charge is 0.335 e. The number of hydrogen-bond acceptors (Lipinski definition) is 6. The van der Waals surface area contributed by atoms with Crippen molar-refractivity contribution < 1.29 is 19.3 Å². The van der Waals surface area contributed by atoms with Crippen LogP contribution in [0.1, 0.15) is 25.3 Å². The van der Waals surface area contributed by atoms with E-state index in [4.69, 9.17) is 0 Å². The van der Waals surface area contributed by atoms with Crippen molar-refractivity contribution in [3.63, 3.8) is 0 Å². The molecule has 3 heterocycles. The number of barbiturate groups is 1. The standard InChI is InChI=1S/C23H22N4O5/c1-14-9-10-25-18-8-7-17(27(31)32)12-15(18)13-23(19(25)11-14)20(28)24-22(30)26(21(23)29)16-5-3-2-4-6-16/h2-8,12,14,19H,9-11,13H2,1H3,(H,24,28,30)/t14-,19+,23-/m1/s1. The van der Waals surface area contributed by atoms with Crippen molar-refractivity contribution in [3.05, 3.63) is 64.2 Å². The number of fused-ring (bicyclic) bond motifs is 4. The number of nitrogens with zero attached hydrogens (tertiary/aromatic N) is 3. The number of para-hydroxylation sites is 1. The second kappa shape index (κ2) is 7.15. The molecule has 3 aliphatic heterocycles. The number of imide groups is 2. The van der Waals surface area contributed by atoms with Crippen molar-refractivity contribution in [1.82, 2.24) is 5.32 Å². The maximum absolute atomic E-state index is 14.0. The topological polar surface area (TPSA) is 113 Å². The zero-order valence-electron chi connectivity index (χ0n) is 17.5. The number of piperidine rings is 1. The highest BCUT2D eigenvalue weighted by atomic mass is 16.6. The monoisotopic (exact) mass is 434 g/mol. The SMILES string of the molecule is C[C@@H]1CCN2c3ccc([N+](=O)[O-])cc3C[C@]3(C(=O)NC(=O)N(c4ccccc4)C3=O)[C@@H]2C1. The van der Waals surface area contributed by atoms with Crippen molar-refractivity contribution in [1.29, 1.82) is 0 Å². The van der Waals surface area contributed by atoms with E-state index in [-0.39, 0.29) is 18.0 Å². The summed E-state index contributed by atoms with van der Waals surface area (Å²) in [6.07, 6.45) is 1.48. The summed E-state index contributed by atoms with van der Waals surface area (Å²) >= 11 is 0. The van der Waals surface area contributed by atoms with Gasteiger partial charge in [-0.15, -0.1) is 0 Å². The normalized spacial score (nSPS) is 27.1. The third-order valence-electron chi connectivity index (χ3n) is 6.91. The van der Waals surface area contributed by atoms with Gasteiger partial charge in [0.15, 0.2) is 5.41 Å². The molecule has 0 saturated carbocycles. The molecule has 2 aromatic rings. The number of amides is 4. The number of nitrogens with one attached hydrogen (secondary N) is 1. The van der Waals surface area contributed by atoms with Crippen LogP contribution in [0.3, 0.4) is 0 Å². The van der Waals surface area contributed by atoms with Gasteiger partial charge in [0.2, 0.25) is 5.91 Å². The Bertz CT molecular complexity index is 1150. The summed E-state index contributed by atoms with van der Waals surface area (Å²) in [4.78, 5) is 54.1. The number of anilines is 2. The Hall–Kier alpha value is -3.75. The molecule has 3 atom stereocenters. The number of benzene rings is 2. The molecule has 0 aromatic heterocycles. The quantitative estimate of drug-likeness (QED) is 0.442. The molecule has 2 fully saturated rings. The number of nitro groups is 1. The lowest BCUT2D eigenvalue weighted by atomic mass is 9.64. The second-order valence-corrected chi connectivity index (χ2v) is 8.79. The van der Waals surface area contributed by atoms with Crippen molar-refractivity contribution in [3.8, 4) is 0 Å². The minimum Gasteiger partial charge on any atom is -0.367 e. The number of carbonyl (C=O) groups excluding carboxylic acids is 3. The minimum atomic E-state index is -1.55. The number of nitro benzene ring substituents is 1. The molecule has 5 rings (SSSR count). The third-order valence-corrected chi connectivity index (χ3v) is 6.91. The van der Waals surface area contributed by atoms with Crippen LogP contribution in [0.25, 0.3) is 0 Å². The van der Waals surface area contributed by atoms with Crippen molar-refractivity contribution >= 4 is 34.9 Å². The molecule has 4 amide bonds. The Morgan fingerprint density at radius 3 is 2.59 bits per heavy atom. The van der Waals surface area contributed by atoms with E-state index in [9.17, 15) is 24.5 Å². The van der Waals surface area contributed by atoms with Gasteiger partial charge in [0.1, 0.15) is 0 Å². The summed E-state index contributed by atoms with van der Waals surface area (Å²) in [5.74, 6) is -0.934. The van der Waals surface area contributed by atoms with Gasteiger partial charge < -0.3 is 4.90 Å². The van der Waals surface area contributed by atoms with Gasteiger partial charge in [-0.3, -0.25) is 25.0 Å². The maximum Gasteiger partial charge on any atom is 0.335 e. The predicted molar refractivity (Wildman–Crippen MR) is 116 cm³/mol. The van der Waals surface area contributed by atoms with E-state index in [0.717, 1.165) is 17.0 Å². The number of non-ortho nitro benzene ring substituents is 1. The number of carbonyl (C=O) groups is 3. The van der Waals surface area contributed by atoms with Gasteiger partial charge >= 0.3 is 6.03 Å². The first-order valence-electron chi connectivity index (χ1n) is 10.6. The fourth-order valence-corrected chi connectivity index (χ4v) is 5.34. The Labute approximate surface area is 184 Å². The first-order chi connectivity index (χ1) is 15.3. The van der Waals surface area contributed by atoms with Crippen molar-refractivity contribution in [2.24, 2.45) is 11.3 Å². The molecule has 9 heteroatoms. The van der Waals surface area contributed by atoms with E-state index in [1.807, 2.05) is 4.90 Å². The summed E-state index contributed by atoms with van der Waals surface area (Å²) < 4.78 is 0. The molecule has 1 N–H and O–H groups in total. The van der Waals surface area contributed by atoms with Gasteiger partial charge in [0, 0.05) is 30.8 Å². The number of hydrogen-bond donors (Lipinski definition) is 1.